The van der Waals surface area contributed by atoms with Crippen LogP contribution in [0.3, 0.4) is 0 Å². The second kappa shape index (κ2) is 8.88. The lowest BCUT2D eigenvalue weighted by Gasteiger charge is -2.11. The minimum absolute atomic E-state index is 0.0867. The van der Waals surface area contributed by atoms with Crippen LogP contribution in [0, 0.1) is 19.7 Å². The van der Waals surface area contributed by atoms with Crippen molar-refractivity contribution in [2.75, 3.05) is 16.4 Å². The highest BCUT2D eigenvalue weighted by Crippen LogP contribution is 2.21. The van der Waals surface area contributed by atoms with E-state index in [0.717, 1.165) is 28.3 Å². The third-order valence-corrected chi connectivity index (χ3v) is 5.32. The van der Waals surface area contributed by atoms with Crippen LogP contribution in [-0.4, -0.2) is 26.4 Å². The first-order valence-corrected chi connectivity index (χ1v) is 9.79. The number of rotatable bonds is 7. The Labute approximate surface area is 167 Å². The van der Waals surface area contributed by atoms with E-state index in [2.05, 4.69) is 20.8 Å². The summed E-state index contributed by atoms with van der Waals surface area (Å²) in [5.74, 6) is 0.603. The number of para-hydroxylation sites is 1. The molecule has 0 fully saturated rings. The first-order chi connectivity index (χ1) is 13.4. The quantitative estimate of drug-likeness (QED) is 0.590. The monoisotopic (exact) mass is 399 g/mol. The second-order valence-corrected chi connectivity index (χ2v) is 7.36. The van der Waals surface area contributed by atoms with E-state index in [-0.39, 0.29) is 17.5 Å². The molecule has 2 aromatic carbocycles. The summed E-state index contributed by atoms with van der Waals surface area (Å²) in [7, 11) is 1.85. The van der Waals surface area contributed by atoms with Crippen molar-refractivity contribution in [3.05, 3.63) is 65.2 Å². The number of anilines is 2. The lowest BCUT2D eigenvalue weighted by molar-refractivity contribution is -0.113. The van der Waals surface area contributed by atoms with Crippen molar-refractivity contribution in [1.29, 1.82) is 0 Å². The Bertz CT molecular complexity index is 951. The number of hydrogen-bond acceptors (Lipinski definition) is 5. The summed E-state index contributed by atoms with van der Waals surface area (Å²) in [6, 6.07) is 12.0. The average molecular weight is 399 g/mol. The van der Waals surface area contributed by atoms with Crippen molar-refractivity contribution in [1.82, 2.24) is 14.8 Å². The molecular weight excluding hydrogens is 377 g/mol. The number of aryl methyl sites for hydroxylation is 2. The topological polar surface area (TPSA) is 71.8 Å². The van der Waals surface area contributed by atoms with Gasteiger partial charge in [-0.1, -0.05) is 30.0 Å². The molecule has 146 valence electrons. The minimum Gasteiger partial charge on any atom is -0.378 e. The molecule has 0 bridgehead atoms. The first kappa shape index (κ1) is 19.9. The molecule has 0 aliphatic rings. The number of halogens is 1. The Balaban J connectivity index is 1.55. The molecule has 3 aromatic rings. The highest BCUT2D eigenvalue weighted by molar-refractivity contribution is 7.99. The molecule has 0 atom stereocenters. The number of carbonyl (C=O) groups excluding carboxylic acids is 1. The molecule has 0 aliphatic carbocycles. The maximum absolute atomic E-state index is 13.0. The van der Waals surface area contributed by atoms with Gasteiger partial charge in [-0.3, -0.25) is 4.79 Å². The van der Waals surface area contributed by atoms with E-state index < -0.39 is 0 Å². The van der Waals surface area contributed by atoms with E-state index in [0.29, 0.717) is 11.7 Å². The van der Waals surface area contributed by atoms with E-state index in [1.807, 2.05) is 43.7 Å². The molecule has 0 unspecified atom stereocenters. The Kier molecular flexibility index (Phi) is 6.30. The SMILES string of the molecule is Cc1cccc(C)c1NC(=O)CSc1nnc(CNc2ccc(F)cc2)n1C. The summed E-state index contributed by atoms with van der Waals surface area (Å²) in [5, 5.41) is 15.1. The Hall–Kier alpha value is -2.87. The summed E-state index contributed by atoms with van der Waals surface area (Å²) in [6.45, 7) is 4.39. The number of benzene rings is 2. The highest BCUT2D eigenvalue weighted by Gasteiger charge is 2.13. The van der Waals surface area contributed by atoms with Gasteiger partial charge in [-0.05, 0) is 49.2 Å². The Morgan fingerprint density at radius 3 is 2.46 bits per heavy atom. The van der Waals surface area contributed by atoms with Crippen molar-refractivity contribution < 1.29 is 9.18 Å². The average Bonchev–Trinajstić information content (AvgIpc) is 3.02. The van der Waals surface area contributed by atoms with E-state index in [9.17, 15) is 9.18 Å². The molecule has 0 aliphatic heterocycles. The lowest BCUT2D eigenvalue weighted by atomic mass is 10.1. The zero-order valence-electron chi connectivity index (χ0n) is 16.0. The summed E-state index contributed by atoms with van der Waals surface area (Å²) in [5.41, 5.74) is 3.72. The predicted octanol–water partition coefficient (Wildman–Crippen LogP) is 3.91. The van der Waals surface area contributed by atoms with Gasteiger partial charge in [0.15, 0.2) is 11.0 Å². The van der Waals surface area contributed by atoms with Crippen molar-refractivity contribution in [3.8, 4) is 0 Å². The molecule has 28 heavy (non-hydrogen) atoms. The second-order valence-electron chi connectivity index (χ2n) is 6.42. The molecule has 2 N–H and O–H groups in total. The lowest BCUT2D eigenvalue weighted by Crippen LogP contribution is -2.16. The number of hydrogen-bond donors (Lipinski definition) is 2. The van der Waals surface area contributed by atoms with Crippen LogP contribution in [0.2, 0.25) is 0 Å². The van der Waals surface area contributed by atoms with Crippen molar-refractivity contribution in [2.24, 2.45) is 7.05 Å². The van der Waals surface area contributed by atoms with Crippen molar-refractivity contribution in [2.45, 2.75) is 25.5 Å². The summed E-state index contributed by atoms with van der Waals surface area (Å²) in [6.07, 6.45) is 0. The van der Waals surface area contributed by atoms with Crippen LogP contribution in [0.5, 0.6) is 0 Å². The third kappa shape index (κ3) is 4.89. The number of thioether (sulfide) groups is 1. The van der Waals surface area contributed by atoms with Crippen molar-refractivity contribution in [3.63, 3.8) is 0 Å². The number of nitrogens with zero attached hydrogens (tertiary/aromatic N) is 3. The van der Waals surface area contributed by atoms with Gasteiger partial charge in [0.25, 0.3) is 0 Å². The smallest absolute Gasteiger partial charge is 0.234 e. The molecule has 8 heteroatoms. The van der Waals surface area contributed by atoms with Gasteiger partial charge in [0.2, 0.25) is 5.91 Å². The number of nitrogens with one attached hydrogen (secondary N) is 2. The van der Waals surface area contributed by atoms with Crippen LogP contribution in [-0.2, 0) is 18.4 Å². The Morgan fingerprint density at radius 2 is 1.79 bits per heavy atom. The van der Waals surface area contributed by atoms with Crippen LogP contribution in [0.4, 0.5) is 15.8 Å². The molecule has 0 saturated heterocycles. The van der Waals surface area contributed by atoms with Gasteiger partial charge in [-0.15, -0.1) is 10.2 Å². The summed E-state index contributed by atoms with van der Waals surface area (Å²) in [4.78, 5) is 12.3. The van der Waals surface area contributed by atoms with Gasteiger partial charge in [-0.25, -0.2) is 4.39 Å². The van der Waals surface area contributed by atoms with Crippen LogP contribution in [0.25, 0.3) is 0 Å². The third-order valence-electron chi connectivity index (χ3n) is 4.30. The molecular formula is C20H22FN5OS. The molecule has 1 heterocycles. The number of carbonyl (C=O) groups is 1. The first-order valence-electron chi connectivity index (χ1n) is 8.80. The molecule has 6 nitrogen and oxygen atoms in total. The summed E-state index contributed by atoms with van der Waals surface area (Å²) < 4.78 is 14.8. The van der Waals surface area contributed by atoms with Crippen LogP contribution < -0.4 is 10.6 Å². The van der Waals surface area contributed by atoms with Gasteiger partial charge < -0.3 is 15.2 Å². The number of amides is 1. The molecule has 1 aromatic heterocycles. The van der Waals surface area contributed by atoms with Crippen LogP contribution >= 0.6 is 11.8 Å². The standard InChI is InChI=1S/C20H22FN5OS/c1-13-5-4-6-14(2)19(13)23-18(27)12-28-20-25-24-17(26(20)3)11-22-16-9-7-15(21)8-10-16/h4-10,22H,11-12H2,1-3H3,(H,23,27). The molecule has 0 radical (unpaired) electrons. The number of aromatic nitrogens is 3. The fraction of sp³-hybridized carbons (Fsp3) is 0.250. The normalized spacial score (nSPS) is 10.7. The maximum Gasteiger partial charge on any atom is 0.234 e. The maximum atomic E-state index is 13.0. The van der Waals surface area contributed by atoms with E-state index in [4.69, 9.17) is 0 Å². The minimum atomic E-state index is -0.276. The zero-order valence-corrected chi connectivity index (χ0v) is 16.8. The van der Waals surface area contributed by atoms with E-state index in [1.165, 1.54) is 23.9 Å². The molecule has 1 amide bonds. The highest BCUT2D eigenvalue weighted by atomic mass is 32.2. The van der Waals surface area contributed by atoms with Gasteiger partial charge in [0.1, 0.15) is 5.82 Å². The molecule has 0 saturated carbocycles. The zero-order chi connectivity index (χ0) is 20.1. The van der Waals surface area contributed by atoms with Gasteiger partial charge in [0, 0.05) is 18.4 Å². The van der Waals surface area contributed by atoms with E-state index in [1.54, 1.807) is 12.1 Å². The van der Waals surface area contributed by atoms with Crippen LogP contribution in [0.15, 0.2) is 47.6 Å². The fourth-order valence-corrected chi connectivity index (χ4v) is 3.42. The predicted molar refractivity (Wildman–Crippen MR) is 110 cm³/mol. The van der Waals surface area contributed by atoms with Crippen LogP contribution in [0.1, 0.15) is 17.0 Å². The Morgan fingerprint density at radius 1 is 1.11 bits per heavy atom. The van der Waals surface area contributed by atoms with Crippen molar-refractivity contribution >= 4 is 29.0 Å². The van der Waals surface area contributed by atoms with Gasteiger partial charge >= 0.3 is 0 Å². The van der Waals surface area contributed by atoms with Gasteiger partial charge in [-0.2, -0.15) is 0 Å². The van der Waals surface area contributed by atoms with E-state index >= 15 is 0 Å². The largest absolute Gasteiger partial charge is 0.378 e. The molecule has 0 spiro atoms. The summed E-state index contributed by atoms with van der Waals surface area (Å²) >= 11 is 1.33. The molecule has 3 rings (SSSR count). The fourth-order valence-electron chi connectivity index (χ4n) is 2.69. The van der Waals surface area contributed by atoms with Gasteiger partial charge in [0.05, 0.1) is 12.3 Å².